The van der Waals surface area contributed by atoms with Crippen molar-refractivity contribution in [2.75, 3.05) is 11.9 Å². The highest BCUT2D eigenvalue weighted by atomic mass is 15.1. The molecule has 0 aliphatic carbocycles. The minimum absolute atomic E-state index is 0.931. The van der Waals surface area contributed by atoms with Gasteiger partial charge in [0.05, 0.1) is 11.0 Å². The molecule has 1 aliphatic heterocycles. The van der Waals surface area contributed by atoms with Crippen LogP contribution >= 0.6 is 0 Å². The van der Waals surface area contributed by atoms with Gasteiger partial charge in [0.2, 0.25) is 0 Å². The van der Waals surface area contributed by atoms with Crippen molar-refractivity contribution in [1.82, 2.24) is 9.55 Å². The summed E-state index contributed by atoms with van der Waals surface area (Å²) < 4.78 is 2.28. The van der Waals surface area contributed by atoms with Gasteiger partial charge in [0, 0.05) is 24.3 Å². The molecule has 0 atom stereocenters. The lowest BCUT2D eigenvalue weighted by Gasteiger charge is -2.08. The van der Waals surface area contributed by atoms with Crippen molar-refractivity contribution in [3.63, 3.8) is 0 Å². The van der Waals surface area contributed by atoms with E-state index in [9.17, 15) is 0 Å². The van der Waals surface area contributed by atoms with Crippen LogP contribution in [0, 0.1) is 0 Å². The molecule has 3 aromatic rings. The number of aromatic nitrogens is 2. The van der Waals surface area contributed by atoms with E-state index < -0.39 is 0 Å². The van der Waals surface area contributed by atoms with E-state index in [1.165, 1.54) is 22.3 Å². The van der Waals surface area contributed by atoms with E-state index in [0.717, 1.165) is 30.9 Å². The number of nitrogens with zero attached hydrogens (tertiary/aromatic N) is 2. The highest BCUT2D eigenvalue weighted by Crippen LogP contribution is 2.30. The number of hydrogen-bond donors (Lipinski definition) is 1. The van der Waals surface area contributed by atoms with Gasteiger partial charge in [0.1, 0.15) is 5.82 Å². The molecule has 2 heterocycles. The Morgan fingerprint density at radius 1 is 1.20 bits per heavy atom. The zero-order valence-corrected chi connectivity index (χ0v) is 11.6. The lowest BCUT2D eigenvalue weighted by molar-refractivity contribution is 0.796. The van der Waals surface area contributed by atoms with Crippen LogP contribution in [-0.2, 0) is 13.0 Å². The molecule has 0 spiro atoms. The number of anilines is 1. The van der Waals surface area contributed by atoms with Crippen LogP contribution in [0.1, 0.15) is 12.5 Å². The van der Waals surface area contributed by atoms with Gasteiger partial charge in [-0.1, -0.05) is 24.3 Å². The molecule has 0 unspecified atom stereocenters. The average Bonchev–Trinajstić information content (AvgIpc) is 3.10. The third kappa shape index (κ3) is 1.63. The van der Waals surface area contributed by atoms with Crippen molar-refractivity contribution in [3.05, 3.63) is 48.0 Å². The smallest absolute Gasteiger partial charge is 0.141 e. The van der Waals surface area contributed by atoms with Gasteiger partial charge in [-0.3, -0.25) is 0 Å². The Balaban J connectivity index is 1.93. The molecule has 4 rings (SSSR count). The maximum atomic E-state index is 4.81. The van der Waals surface area contributed by atoms with Crippen molar-refractivity contribution in [1.29, 1.82) is 0 Å². The molecule has 0 fully saturated rings. The second-order valence-electron chi connectivity index (χ2n) is 5.22. The summed E-state index contributed by atoms with van der Waals surface area (Å²) in [7, 11) is 0. The van der Waals surface area contributed by atoms with Gasteiger partial charge in [0.15, 0.2) is 0 Å². The highest BCUT2D eigenvalue weighted by molar-refractivity contribution is 5.81. The van der Waals surface area contributed by atoms with Crippen molar-refractivity contribution >= 4 is 16.7 Å². The maximum absolute atomic E-state index is 4.81. The number of aryl methyl sites for hydroxylation is 1. The largest absolute Gasteiger partial charge is 0.384 e. The number of imidazole rings is 1. The van der Waals surface area contributed by atoms with Crippen molar-refractivity contribution < 1.29 is 0 Å². The first kappa shape index (κ1) is 11.5. The summed E-state index contributed by atoms with van der Waals surface area (Å²) in [5.74, 6) is 1.06. The predicted molar refractivity (Wildman–Crippen MR) is 83.0 cm³/mol. The van der Waals surface area contributed by atoms with Gasteiger partial charge in [-0.2, -0.15) is 0 Å². The number of fused-ring (bicyclic) bond motifs is 2. The van der Waals surface area contributed by atoms with E-state index in [4.69, 9.17) is 4.98 Å². The van der Waals surface area contributed by atoms with Crippen molar-refractivity contribution in [2.24, 2.45) is 0 Å². The zero-order chi connectivity index (χ0) is 13.5. The van der Waals surface area contributed by atoms with E-state index in [-0.39, 0.29) is 0 Å². The summed E-state index contributed by atoms with van der Waals surface area (Å²) in [4.78, 5) is 4.81. The van der Waals surface area contributed by atoms with Crippen molar-refractivity contribution in [2.45, 2.75) is 19.9 Å². The summed E-state index contributed by atoms with van der Waals surface area (Å²) in [6.45, 7) is 4.15. The lowest BCUT2D eigenvalue weighted by atomic mass is 10.1. The fourth-order valence-electron chi connectivity index (χ4n) is 3.05. The average molecular weight is 263 g/mol. The van der Waals surface area contributed by atoms with Crippen LogP contribution in [0.25, 0.3) is 22.4 Å². The van der Waals surface area contributed by atoms with Gasteiger partial charge >= 0.3 is 0 Å². The van der Waals surface area contributed by atoms with Crippen LogP contribution in [0.2, 0.25) is 0 Å². The van der Waals surface area contributed by atoms with E-state index in [0.29, 0.717) is 0 Å². The van der Waals surface area contributed by atoms with E-state index in [2.05, 4.69) is 53.2 Å². The Morgan fingerprint density at radius 3 is 3.00 bits per heavy atom. The van der Waals surface area contributed by atoms with Crippen LogP contribution in [0.3, 0.4) is 0 Å². The normalized spacial score (nSPS) is 13.4. The summed E-state index contributed by atoms with van der Waals surface area (Å²) in [6.07, 6.45) is 1.12. The molecular weight excluding hydrogens is 246 g/mol. The fourth-order valence-corrected chi connectivity index (χ4v) is 3.05. The van der Waals surface area contributed by atoms with Crippen LogP contribution in [0.4, 0.5) is 5.69 Å². The molecule has 1 aliphatic rings. The van der Waals surface area contributed by atoms with Gasteiger partial charge in [-0.05, 0) is 37.1 Å². The molecule has 0 amide bonds. The molecular formula is C17H17N3. The first-order valence-electron chi connectivity index (χ1n) is 7.19. The second kappa shape index (κ2) is 4.37. The molecule has 0 radical (unpaired) electrons. The summed E-state index contributed by atoms with van der Waals surface area (Å²) in [5, 5.41) is 3.44. The van der Waals surface area contributed by atoms with E-state index in [1.54, 1.807) is 0 Å². The first-order valence-corrected chi connectivity index (χ1v) is 7.19. The molecule has 0 saturated heterocycles. The monoisotopic (exact) mass is 263 g/mol. The molecule has 3 heteroatoms. The van der Waals surface area contributed by atoms with Crippen molar-refractivity contribution in [3.8, 4) is 11.4 Å². The minimum Gasteiger partial charge on any atom is -0.384 e. The summed E-state index contributed by atoms with van der Waals surface area (Å²) >= 11 is 0. The summed E-state index contributed by atoms with van der Waals surface area (Å²) in [6, 6.07) is 15.0. The minimum atomic E-state index is 0.931. The van der Waals surface area contributed by atoms with Gasteiger partial charge < -0.3 is 9.88 Å². The molecule has 3 nitrogen and oxygen atoms in total. The molecule has 20 heavy (non-hydrogen) atoms. The van der Waals surface area contributed by atoms with Crippen LogP contribution < -0.4 is 5.32 Å². The zero-order valence-electron chi connectivity index (χ0n) is 11.6. The molecule has 1 N–H and O–H groups in total. The first-order chi connectivity index (χ1) is 9.86. The number of hydrogen-bond acceptors (Lipinski definition) is 2. The van der Waals surface area contributed by atoms with E-state index in [1.807, 2.05) is 6.07 Å². The van der Waals surface area contributed by atoms with Gasteiger partial charge in [0.25, 0.3) is 0 Å². The quantitative estimate of drug-likeness (QED) is 0.764. The SMILES string of the molecule is CCn1c(-c2ccc3c(c2)NCC3)nc2ccccc21. The Morgan fingerprint density at radius 2 is 2.10 bits per heavy atom. The Labute approximate surface area is 118 Å². The third-order valence-corrected chi connectivity index (χ3v) is 4.05. The van der Waals surface area contributed by atoms with Crippen LogP contribution in [0.5, 0.6) is 0 Å². The molecule has 1 aromatic heterocycles. The number of para-hydroxylation sites is 2. The third-order valence-electron chi connectivity index (χ3n) is 4.05. The number of nitrogens with one attached hydrogen (secondary N) is 1. The highest BCUT2D eigenvalue weighted by Gasteiger charge is 2.15. The van der Waals surface area contributed by atoms with E-state index >= 15 is 0 Å². The fraction of sp³-hybridized carbons (Fsp3) is 0.235. The molecule has 0 bridgehead atoms. The summed E-state index contributed by atoms with van der Waals surface area (Å²) in [5.41, 5.74) is 6.14. The van der Waals surface area contributed by atoms with Gasteiger partial charge in [-0.15, -0.1) is 0 Å². The topological polar surface area (TPSA) is 29.9 Å². The molecule has 2 aromatic carbocycles. The predicted octanol–water partition coefficient (Wildman–Crippen LogP) is 3.69. The second-order valence-corrected chi connectivity index (χ2v) is 5.22. The van der Waals surface area contributed by atoms with Crippen LogP contribution in [0.15, 0.2) is 42.5 Å². The van der Waals surface area contributed by atoms with Gasteiger partial charge in [-0.25, -0.2) is 4.98 Å². The lowest BCUT2D eigenvalue weighted by Crippen LogP contribution is -1.98. The molecule has 0 saturated carbocycles. The Kier molecular flexibility index (Phi) is 2.52. The number of rotatable bonds is 2. The molecule has 100 valence electrons. The number of benzene rings is 2. The maximum Gasteiger partial charge on any atom is 0.141 e. The standard InChI is InChI=1S/C17H17N3/c1-2-20-16-6-4-3-5-14(16)19-17(20)13-8-7-12-9-10-18-15(12)11-13/h3-8,11,18H,2,9-10H2,1H3. The van der Waals surface area contributed by atoms with Crippen LogP contribution in [-0.4, -0.2) is 16.1 Å². The Hall–Kier alpha value is -2.29. The Bertz CT molecular complexity index is 786.